The van der Waals surface area contributed by atoms with Crippen LogP contribution in [0.3, 0.4) is 0 Å². The summed E-state index contributed by atoms with van der Waals surface area (Å²) in [5.41, 5.74) is 4.04. The summed E-state index contributed by atoms with van der Waals surface area (Å²) in [4.78, 5) is 44.2. The molecule has 0 spiro atoms. The van der Waals surface area contributed by atoms with Crippen molar-refractivity contribution in [3.63, 3.8) is 0 Å². The zero-order chi connectivity index (χ0) is 20.8. The summed E-state index contributed by atoms with van der Waals surface area (Å²) in [5, 5.41) is 7.83. The normalized spacial score (nSPS) is 12.0. The maximum Gasteiger partial charge on any atom is 0.272 e. The fourth-order valence-electron chi connectivity index (χ4n) is 2.75. The summed E-state index contributed by atoms with van der Waals surface area (Å²) in [7, 11) is 1.56. The molecule has 0 fully saturated rings. The lowest BCUT2D eigenvalue weighted by Gasteiger charge is -2.18. The molecule has 1 aliphatic rings. The average Bonchev–Trinajstić information content (AvgIpc) is 3.13. The fourth-order valence-corrected chi connectivity index (χ4v) is 2.75. The molecule has 2 aromatic heterocycles. The van der Waals surface area contributed by atoms with Gasteiger partial charge in [-0.25, -0.2) is 9.97 Å². The van der Waals surface area contributed by atoms with Crippen molar-refractivity contribution >= 4 is 34.9 Å². The van der Waals surface area contributed by atoms with Gasteiger partial charge in [0, 0.05) is 19.8 Å². The third-order valence-corrected chi connectivity index (χ3v) is 4.12. The number of anilines is 1. The molecule has 3 aromatic rings. The molecule has 0 saturated heterocycles. The number of carbonyl (C=O) groups excluding carboxylic acids is 3. The quantitative estimate of drug-likeness (QED) is 0.483. The number of aryl methyl sites for hydroxylation is 1. The Hall–Kier alpha value is -3.95. The van der Waals surface area contributed by atoms with Crippen molar-refractivity contribution in [1.82, 2.24) is 25.6 Å². The van der Waals surface area contributed by atoms with E-state index in [1.807, 2.05) is 13.0 Å². The minimum absolute atomic E-state index is 0.0162. The number of nitrogens with one attached hydrogen (secondary N) is 4. The van der Waals surface area contributed by atoms with Crippen molar-refractivity contribution in [2.75, 3.05) is 19.0 Å². The molecule has 0 radical (unpaired) electrons. The predicted octanol–water partition coefficient (Wildman–Crippen LogP) is 0.889. The molecule has 0 bridgehead atoms. The first kappa shape index (κ1) is 19.8. The van der Waals surface area contributed by atoms with Crippen molar-refractivity contribution in [3.05, 3.63) is 47.5 Å². The van der Waals surface area contributed by atoms with Gasteiger partial charge in [0.2, 0.25) is 6.41 Å². The topological polar surface area (TPSA) is 138 Å². The van der Waals surface area contributed by atoms with Crippen LogP contribution in [0.4, 0.5) is 5.69 Å². The van der Waals surface area contributed by atoms with Gasteiger partial charge in [0.05, 0.1) is 16.7 Å². The Bertz CT molecular complexity index is 1060. The first-order chi connectivity index (χ1) is 14.0. The third kappa shape index (κ3) is 4.49. The second kappa shape index (κ2) is 8.83. The monoisotopic (exact) mass is 396 g/mol. The Morgan fingerprint density at radius 3 is 2.90 bits per heavy atom. The molecule has 1 aliphatic heterocycles. The third-order valence-electron chi connectivity index (χ3n) is 4.12. The number of ether oxygens (including phenoxy) is 1. The van der Waals surface area contributed by atoms with Crippen molar-refractivity contribution < 1.29 is 19.1 Å². The van der Waals surface area contributed by atoms with Crippen LogP contribution in [0.1, 0.15) is 21.6 Å². The minimum atomic E-state index is -0.299. The lowest BCUT2D eigenvalue weighted by Crippen LogP contribution is -2.26. The van der Waals surface area contributed by atoms with Crippen LogP contribution >= 0.6 is 0 Å². The summed E-state index contributed by atoms with van der Waals surface area (Å²) in [6, 6.07) is 5.39. The summed E-state index contributed by atoms with van der Waals surface area (Å²) in [5.74, 6) is 0.125. The lowest BCUT2D eigenvalue weighted by molar-refractivity contribution is -0.118. The molecule has 10 nitrogen and oxygen atoms in total. The smallest absolute Gasteiger partial charge is 0.272 e. The number of nitrogens with zero attached hydrogens (tertiary/aromatic N) is 2. The fraction of sp³-hybridized carbons (Fsp3) is 0.211. The molecular weight excluding hydrogens is 376 g/mol. The summed E-state index contributed by atoms with van der Waals surface area (Å²) >= 11 is 0. The number of carbonyl (C=O) groups is 3. The van der Waals surface area contributed by atoms with Gasteiger partial charge < -0.3 is 25.7 Å². The molecule has 0 aliphatic carbocycles. The van der Waals surface area contributed by atoms with Gasteiger partial charge in [-0.2, -0.15) is 0 Å². The van der Waals surface area contributed by atoms with Crippen molar-refractivity contribution in [3.8, 4) is 5.75 Å². The molecule has 3 amide bonds. The molecule has 29 heavy (non-hydrogen) atoms. The number of rotatable bonds is 4. The first-order valence-electron chi connectivity index (χ1n) is 8.77. The first-order valence-corrected chi connectivity index (χ1v) is 8.77. The van der Waals surface area contributed by atoms with Crippen molar-refractivity contribution in [2.45, 2.75) is 13.5 Å². The van der Waals surface area contributed by atoms with Crippen LogP contribution in [0.2, 0.25) is 0 Å². The zero-order valence-electron chi connectivity index (χ0n) is 15.9. The molecule has 0 saturated carbocycles. The molecule has 0 atom stereocenters. The molecule has 0 unspecified atom stereocenters. The lowest BCUT2D eigenvalue weighted by atomic mass is 10.1. The van der Waals surface area contributed by atoms with E-state index in [1.54, 1.807) is 25.4 Å². The number of aromatic amines is 1. The molecule has 150 valence electrons. The molecule has 4 rings (SSSR count). The largest absolute Gasteiger partial charge is 0.482 e. The van der Waals surface area contributed by atoms with Gasteiger partial charge >= 0.3 is 0 Å². The van der Waals surface area contributed by atoms with E-state index < -0.39 is 0 Å². The SMILES string of the molecule is CNC=O.Cc1c[nH]c2c(C(=O)NCc3ccc4c(c3)NC(=O)CO4)ncnc12. The minimum Gasteiger partial charge on any atom is -0.482 e. The van der Waals surface area contributed by atoms with E-state index in [0.29, 0.717) is 35.6 Å². The highest BCUT2D eigenvalue weighted by molar-refractivity contribution is 6.03. The van der Waals surface area contributed by atoms with Crippen molar-refractivity contribution in [2.24, 2.45) is 0 Å². The van der Waals surface area contributed by atoms with Gasteiger partial charge in [0.1, 0.15) is 12.1 Å². The Balaban J connectivity index is 0.000000552. The van der Waals surface area contributed by atoms with Crippen LogP contribution in [0, 0.1) is 6.92 Å². The highest BCUT2D eigenvalue weighted by Crippen LogP contribution is 2.28. The summed E-state index contributed by atoms with van der Waals surface area (Å²) < 4.78 is 5.32. The van der Waals surface area contributed by atoms with E-state index >= 15 is 0 Å². The standard InChI is InChI=1S/C17H15N5O3.C2H5NO/c1-9-5-18-15-14(9)20-8-21-16(15)17(24)19-6-10-2-3-12-11(4-10)22-13(23)7-25-12;1-3-2-4/h2-5,8,18H,6-7H2,1H3,(H,19,24)(H,22,23);2H,1H3,(H,3,4). The zero-order valence-corrected chi connectivity index (χ0v) is 15.9. The Labute approximate surface area is 166 Å². The number of benzene rings is 1. The Kier molecular flexibility index (Phi) is 6.03. The number of aromatic nitrogens is 3. The van der Waals surface area contributed by atoms with E-state index in [2.05, 4.69) is 30.9 Å². The summed E-state index contributed by atoms with van der Waals surface area (Å²) in [6.07, 6.45) is 3.80. The molecule has 4 N–H and O–H groups in total. The van der Waals surface area contributed by atoms with Gasteiger partial charge in [-0.1, -0.05) is 6.07 Å². The van der Waals surface area contributed by atoms with Gasteiger partial charge in [-0.15, -0.1) is 0 Å². The van der Waals surface area contributed by atoms with E-state index in [-0.39, 0.29) is 18.4 Å². The maximum absolute atomic E-state index is 12.5. The molecular formula is C19H20N6O4. The summed E-state index contributed by atoms with van der Waals surface area (Å²) in [6.45, 7) is 2.23. The van der Waals surface area contributed by atoms with Crippen LogP contribution in [-0.2, 0) is 16.1 Å². The molecule has 3 heterocycles. The molecule has 10 heteroatoms. The second-order valence-corrected chi connectivity index (χ2v) is 6.17. The van der Waals surface area contributed by atoms with E-state index in [1.165, 1.54) is 6.33 Å². The van der Waals surface area contributed by atoms with E-state index in [9.17, 15) is 9.59 Å². The second-order valence-electron chi connectivity index (χ2n) is 6.17. The van der Waals surface area contributed by atoms with Crippen LogP contribution in [0.25, 0.3) is 11.0 Å². The van der Waals surface area contributed by atoms with Crippen molar-refractivity contribution in [1.29, 1.82) is 0 Å². The highest BCUT2D eigenvalue weighted by Gasteiger charge is 2.17. The van der Waals surface area contributed by atoms with Gasteiger partial charge in [-0.3, -0.25) is 14.4 Å². The Morgan fingerprint density at radius 2 is 2.14 bits per heavy atom. The Morgan fingerprint density at radius 1 is 1.34 bits per heavy atom. The van der Waals surface area contributed by atoms with E-state index in [4.69, 9.17) is 9.53 Å². The van der Waals surface area contributed by atoms with Gasteiger partial charge in [0.25, 0.3) is 11.8 Å². The number of hydrogen-bond donors (Lipinski definition) is 4. The van der Waals surface area contributed by atoms with Crippen LogP contribution in [0.5, 0.6) is 5.75 Å². The maximum atomic E-state index is 12.5. The van der Waals surface area contributed by atoms with Crippen LogP contribution < -0.4 is 20.7 Å². The van der Waals surface area contributed by atoms with Crippen LogP contribution in [-0.4, -0.2) is 46.8 Å². The van der Waals surface area contributed by atoms with E-state index in [0.717, 1.165) is 16.6 Å². The predicted molar refractivity (Wildman–Crippen MR) is 105 cm³/mol. The number of H-pyrrole nitrogens is 1. The van der Waals surface area contributed by atoms with Gasteiger partial charge in [0.15, 0.2) is 12.3 Å². The highest BCUT2D eigenvalue weighted by atomic mass is 16.5. The molecule has 1 aromatic carbocycles. The van der Waals surface area contributed by atoms with Crippen LogP contribution in [0.15, 0.2) is 30.7 Å². The number of amides is 3. The average molecular weight is 396 g/mol. The number of fused-ring (bicyclic) bond motifs is 2. The number of hydrogen-bond acceptors (Lipinski definition) is 6. The van der Waals surface area contributed by atoms with Gasteiger partial charge in [-0.05, 0) is 30.2 Å².